The van der Waals surface area contributed by atoms with Gasteiger partial charge in [0.2, 0.25) is 0 Å². The Bertz CT molecular complexity index is 870. The molecule has 7 heteroatoms. The lowest BCUT2D eigenvalue weighted by atomic mass is 10.1. The third-order valence-electron chi connectivity index (χ3n) is 4.76. The summed E-state index contributed by atoms with van der Waals surface area (Å²) in [5.41, 5.74) is 2.11. The molecule has 4 rings (SSSR count). The number of nitrogens with zero attached hydrogens (tertiary/aromatic N) is 3. The molecule has 3 aromatic rings. The van der Waals surface area contributed by atoms with E-state index in [2.05, 4.69) is 42.6 Å². The van der Waals surface area contributed by atoms with Gasteiger partial charge in [0.1, 0.15) is 17.8 Å². The lowest BCUT2D eigenvalue weighted by Gasteiger charge is -2.34. The Balaban J connectivity index is 1.28. The molecule has 1 saturated heterocycles. The zero-order valence-electron chi connectivity index (χ0n) is 14.5. The summed E-state index contributed by atoms with van der Waals surface area (Å²) >= 11 is 5.56. The quantitative estimate of drug-likeness (QED) is 0.617. The fourth-order valence-electron chi connectivity index (χ4n) is 3.29. The molecule has 0 aliphatic carbocycles. The summed E-state index contributed by atoms with van der Waals surface area (Å²) < 4.78 is 0. The molecule has 0 spiro atoms. The largest absolute Gasteiger partial charge is 0.367 e. The van der Waals surface area contributed by atoms with E-state index >= 15 is 0 Å². The summed E-state index contributed by atoms with van der Waals surface area (Å²) in [6, 6.07) is 12.7. The summed E-state index contributed by atoms with van der Waals surface area (Å²) in [6.45, 7) is 2.66. The van der Waals surface area contributed by atoms with E-state index in [0.717, 1.165) is 54.4 Å². The standard InChI is InChI=1S/C19H22N6S/c26-19(21-12-14-4-2-1-3-5-14)25-10-7-15(8-11-25)24-18-16-6-9-20-17(16)22-13-23-18/h1-6,9,13,15H,7-8,10-12H2,(H,21,26)(H2,20,22,23,24). The minimum absolute atomic E-state index is 0.399. The maximum atomic E-state index is 5.56. The second-order valence-electron chi connectivity index (χ2n) is 6.51. The second kappa shape index (κ2) is 7.70. The fraction of sp³-hybridized carbons (Fsp3) is 0.316. The number of nitrogens with one attached hydrogen (secondary N) is 3. The van der Waals surface area contributed by atoms with Crippen molar-refractivity contribution in [2.75, 3.05) is 18.4 Å². The van der Waals surface area contributed by atoms with Crippen LogP contribution in [-0.2, 0) is 6.54 Å². The minimum Gasteiger partial charge on any atom is -0.367 e. The molecule has 1 aliphatic heterocycles. The molecule has 3 N–H and O–H groups in total. The molecule has 0 unspecified atom stereocenters. The van der Waals surface area contributed by atoms with Crippen LogP contribution >= 0.6 is 12.2 Å². The Kier molecular flexibility index (Phi) is 4.97. The van der Waals surface area contributed by atoms with Crippen LogP contribution in [0.25, 0.3) is 11.0 Å². The first-order chi connectivity index (χ1) is 12.8. The van der Waals surface area contributed by atoms with Gasteiger partial charge < -0.3 is 20.5 Å². The number of hydrogen-bond donors (Lipinski definition) is 3. The maximum Gasteiger partial charge on any atom is 0.169 e. The van der Waals surface area contributed by atoms with Crippen molar-refractivity contribution in [2.45, 2.75) is 25.4 Å². The van der Waals surface area contributed by atoms with Crippen LogP contribution in [-0.4, -0.2) is 44.1 Å². The second-order valence-corrected chi connectivity index (χ2v) is 6.90. The molecule has 1 aromatic carbocycles. The summed E-state index contributed by atoms with van der Waals surface area (Å²) in [5.74, 6) is 0.902. The monoisotopic (exact) mass is 366 g/mol. The molecule has 6 nitrogen and oxygen atoms in total. The van der Waals surface area contributed by atoms with Gasteiger partial charge in [-0.3, -0.25) is 0 Å². The number of thiocarbonyl (C=S) groups is 1. The highest BCUT2D eigenvalue weighted by Crippen LogP contribution is 2.21. The molecule has 0 radical (unpaired) electrons. The van der Waals surface area contributed by atoms with E-state index in [9.17, 15) is 0 Å². The van der Waals surface area contributed by atoms with Crippen LogP contribution < -0.4 is 10.6 Å². The van der Waals surface area contributed by atoms with E-state index in [1.165, 1.54) is 5.56 Å². The zero-order valence-corrected chi connectivity index (χ0v) is 15.3. The van der Waals surface area contributed by atoms with Crippen molar-refractivity contribution < 1.29 is 0 Å². The number of aromatic nitrogens is 3. The van der Waals surface area contributed by atoms with Crippen molar-refractivity contribution in [3.8, 4) is 0 Å². The molecule has 2 aromatic heterocycles. The number of benzene rings is 1. The van der Waals surface area contributed by atoms with E-state index in [-0.39, 0.29) is 0 Å². The van der Waals surface area contributed by atoms with E-state index in [1.54, 1.807) is 6.33 Å². The first-order valence-electron chi connectivity index (χ1n) is 8.91. The van der Waals surface area contributed by atoms with Gasteiger partial charge in [0.25, 0.3) is 0 Å². The van der Waals surface area contributed by atoms with E-state index < -0.39 is 0 Å². The number of piperidine rings is 1. The predicted molar refractivity (Wildman–Crippen MR) is 108 cm³/mol. The highest BCUT2D eigenvalue weighted by atomic mass is 32.1. The van der Waals surface area contributed by atoms with Crippen LogP contribution in [0.3, 0.4) is 0 Å². The summed E-state index contributed by atoms with van der Waals surface area (Å²) in [6.07, 6.45) is 5.55. The molecule has 1 fully saturated rings. The highest BCUT2D eigenvalue weighted by Gasteiger charge is 2.21. The molecular weight excluding hydrogens is 344 g/mol. The molecule has 26 heavy (non-hydrogen) atoms. The average molecular weight is 366 g/mol. The molecule has 0 atom stereocenters. The van der Waals surface area contributed by atoms with Crippen LogP contribution in [0.15, 0.2) is 48.9 Å². The van der Waals surface area contributed by atoms with Crippen molar-refractivity contribution in [3.05, 3.63) is 54.5 Å². The maximum absolute atomic E-state index is 5.56. The Morgan fingerprint density at radius 1 is 1.15 bits per heavy atom. The van der Waals surface area contributed by atoms with Gasteiger partial charge in [-0.05, 0) is 36.7 Å². The predicted octanol–water partition coefficient (Wildman–Crippen LogP) is 2.91. The van der Waals surface area contributed by atoms with Gasteiger partial charge in [0, 0.05) is 31.9 Å². The third kappa shape index (κ3) is 3.77. The SMILES string of the molecule is S=C(NCc1ccccc1)N1CCC(Nc2ncnc3[nH]ccc23)CC1. The molecule has 1 aliphatic rings. The summed E-state index contributed by atoms with van der Waals surface area (Å²) in [4.78, 5) is 14.0. The first kappa shape index (κ1) is 16.8. The number of likely N-dealkylation sites (tertiary alicyclic amines) is 1. The number of H-pyrrole nitrogens is 1. The third-order valence-corrected chi connectivity index (χ3v) is 5.17. The number of fused-ring (bicyclic) bond motifs is 1. The van der Waals surface area contributed by atoms with Crippen molar-refractivity contribution >= 4 is 34.2 Å². The van der Waals surface area contributed by atoms with Gasteiger partial charge in [0.15, 0.2) is 5.11 Å². The lowest BCUT2D eigenvalue weighted by Crippen LogP contribution is -2.46. The molecular formula is C19H22N6S. The van der Waals surface area contributed by atoms with Crippen molar-refractivity contribution in [1.29, 1.82) is 0 Å². The van der Waals surface area contributed by atoms with Crippen molar-refractivity contribution in [2.24, 2.45) is 0 Å². The Morgan fingerprint density at radius 2 is 1.96 bits per heavy atom. The van der Waals surface area contributed by atoms with E-state index in [1.807, 2.05) is 30.5 Å². The molecule has 0 saturated carbocycles. The lowest BCUT2D eigenvalue weighted by molar-refractivity contribution is 0.320. The van der Waals surface area contributed by atoms with Gasteiger partial charge >= 0.3 is 0 Å². The van der Waals surface area contributed by atoms with Crippen LogP contribution in [0.5, 0.6) is 0 Å². The van der Waals surface area contributed by atoms with Gasteiger partial charge in [-0.2, -0.15) is 0 Å². The topological polar surface area (TPSA) is 68.9 Å². The number of aromatic amines is 1. The molecule has 134 valence electrons. The highest BCUT2D eigenvalue weighted by molar-refractivity contribution is 7.80. The minimum atomic E-state index is 0.399. The van der Waals surface area contributed by atoms with Gasteiger partial charge in [-0.15, -0.1) is 0 Å². The summed E-state index contributed by atoms with van der Waals surface area (Å²) in [7, 11) is 0. The Hall–Kier alpha value is -2.67. The Labute approximate surface area is 158 Å². The zero-order chi connectivity index (χ0) is 17.8. The van der Waals surface area contributed by atoms with Gasteiger partial charge in [0.05, 0.1) is 5.39 Å². The number of hydrogen-bond acceptors (Lipinski definition) is 4. The van der Waals surface area contributed by atoms with Crippen LogP contribution in [0.4, 0.5) is 5.82 Å². The van der Waals surface area contributed by atoms with Crippen LogP contribution in [0.1, 0.15) is 18.4 Å². The smallest absolute Gasteiger partial charge is 0.169 e. The normalized spacial score (nSPS) is 15.2. The first-order valence-corrected chi connectivity index (χ1v) is 9.32. The van der Waals surface area contributed by atoms with Crippen LogP contribution in [0.2, 0.25) is 0 Å². The fourth-order valence-corrected chi connectivity index (χ4v) is 3.55. The van der Waals surface area contributed by atoms with Crippen LogP contribution in [0, 0.1) is 0 Å². The van der Waals surface area contributed by atoms with Gasteiger partial charge in [-0.1, -0.05) is 30.3 Å². The molecule has 0 bridgehead atoms. The Morgan fingerprint density at radius 3 is 2.77 bits per heavy atom. The van der Waals surface area contributed by atoms with Crippen molar-refractivity contribution in [3.63, 3.8) is 0 Å². The van der Waals surface area contributed by atoms with Crippen molar-refractivity contribution in [1.82, 2.24) is 25.2 Å². The number of rotatable bonds is 4. The number of anilines is 1. The van der Waals surface area contributed by atoms with E-state index in [4.69, 9.17) is 12.2 Å². The van der Waals surface area contributed by atoms with E-state index in [0.29, 0.717) is 6.04 Å². The summed E-state index contributed by atoms with van der Waals surface area (Å²) in [5, 5.41) is 8.80. The molecule has 0 amide bonds. The average Bonchev–Trinajstić information content (AvgIpc) is 3.17. The molecule has 3 heterocycles. The van der Waals surface area contributed by atoms with Gasteiger partial charge in [-0.25, -0.2) is 9.97 Å².